The Morgan fingerprint density at radius 3 is 3.06 bits per heavy atom. The zero-order chi connectivity index (χ0) is 12.8. The third kappa shape index (κ3) is 3.28. The first kappa shape index (κ1) is 13.5. The molecular weight excluding hydrogens is 232 g/mol. The highest BCUT2D eigenvalue weighted by atomic mass is 16.6. The van der Waals surface area contributed by atoms with Gasteiger partial charge in [0.05, 0.1) is 26.4 Å². The summed E-state index contributed by atoms with van der Waals surface area (Å²) < 4.78 is 16.5. The van der Waals surface area contributed by atoms with Gasteiger partial charge in [0.15, 0.2) is 0 Å². The summed E-state index contributed by atoms with van der Waals surface area (Å²) in [6.07, 6.45) is 5.58. The van der Waals surface area contributed by atoms with E-state index in [0.717, 1.165) is 23.9 Å². The van der Waals surface area contributed by atoms with Crippen molar-refractivity contribution in [3.8, 4) is 0 Å². The van der Waals surface area contributed by atoms with Crippen LogP contribution in [0.1, 0.15) is 13.3 Å². The molecule has 0 aromatic carbocycles. The molecule has 1 aliphatic carbocycles. The predicted molar refractivity (Wildman–Crippen MR) is 67.4 cm³/mol. The van der Waals surface area contributed by atoms with Crippen molar-refractivity contribution >= 4 is 6.29 Å². The lowest BCUT2D eigenvalue weighted by Crippen LogP contribution is -2.32. The molecule has 2 aliphatic rings. The maximum Gasteiger partial charge on any atom is 0.150 e. The van der Waals surface area contributed by atoms with Crippen LogP contribution in [0.2, 0.25) is 0 Å². The molecule has 2 unspecified atom stereocenters. The first-order valence-corrected chi connectivity index (χ1v) is 6.48. The highest BCUT2D eigenvalue weighted by molar-refractivity contribution is 5.79. The molecule has 0 bridgehead atoms. The molecule has 0 N–H and O–H groups in total. The summed E-state index contributed by atoms with van der Waals surface area (Å²) >= 11 is 0. The Kier molecular flexibility index (Phi) is 5.11. The summed E-state index contributed by atoms with van der Waals surface area (Å²) in [7, 11) is 0. The molecule has 0 saturated carbocycles. The van der Waals surface area contributed by atoms with Gasteiger partial charge in [-0.2, -0.15) is 0 Å². The van der Waals surface area contributed by atoms with Gasteiger partial charge in [-0.15, -0.1) is 0 Å². The maximum absolute atomic E-state index is 11.1. The van der Waals surface area contributed by atoms with Crippen LogP contribution in [-0.4, -0.2) is 45.4 Å². The molecule has 2 rings (SSSR count). The van der Waals surface area contributed by atoms with E-state index in [4.69, 9.17) is 14.2 Å². The van der Waals surface area contributed by atoms with Crippen LogP contribution in [0.15, 0.2) is 23.3 Å². The van der Waals surface area contributed by atoms with Crippen molar-refractivity contribution in [1.82, 2.24) is 0 Å². The van der Waals surface area contributed by atoms with Crippen LogP contribution in [0, 0.1) is 5.92 Å². The number of ether oxygens (including phenoxy) is 3. The summed E-state index contributed by atoms with van der Waals surface area (Å²) in [6.45, 7) is 5.17. The van der Waals surface area contributed by atoms with Crippen LogP contribution in [0.5, 0.6) is 0 Å². The van der Waals surface area contributed by atoms with Gasteiger partial charge in [-0.3, -0.25) is 4.79 Å². The van der Waals surface area contributed by atoms with Gasteiger partial charge in [0.25, 0.3) is 0 Å². The smallest absolute Gasteiger partial charge is 0.150 e. The predicted octanol–water partition coefficient (Wildman–Crippen LogP) is 1.51. The average Bonchev–Trinajstić information content (AvgIpc) is 2.45. The zero-order valence-corrected chi connectivity index (χ0v) is 10.8. The quantitative estimate of drug-likeness (QED) is 0.696. The third-order valence-corrected chi connectivity index (χ3v) is 3.27. The number of hydrogen-bond donors (Lipinski definition) is 0. The van der Waals surface area contributed by atoms with E-state index in [-0.39, 0.29) is 6.10 Å². The van der Waals surface area contributed by atoms with Crippen molar-refractivity contribution in [3.05, 3.63) is 23.3 Å². The molecule has 1 heterocycles. The fraction of sp³-hybridized carbons (Fsp3) is 0.643. The Hall–Kier alpha value is -0.970. The summed E-state index contributed by atoms with van der Waals surface area (Å²) in [5.41, 5.74) is 1.79. The molecule has 0 radical (unpaired) electrons. The summed E-state index contributed by atoms with van der Waals surface area (Å²) in [5.74, 6) is 0.328. The molecule has 2 atom stereocenters. The molecule has 0 aromatic rings. The van der Waals surface area contributed by atoms with Crippen LogP contribution in [0.25, 0.3) is 0 Å². The van der Waals surface area contributed by atoms with Crippen molar-refractivity contribution in [2.45, 2.75) is 19.4 Å². The van der Waals surface area contributed by atoms with Gasteiger partial charge in [-0.25, -0.2) is 0 Å². The van der Waals surface area contributed by atoms with Crippen LogP contribution < -0.4 is 0 Å². The Bertz CT molecular complexity index is 340. The van der Waals surface area contributed by atoms with Crippen molar-refractivity contribution in [1.29, 1.82) is 0 Å². The molecule has 0 amide bonds. The minimum absolute atomic E-state index is 0.0759. The van der Waals surface area contributed by atoms with E-state index in [0.29, 0.717) is 39.0 Å². The van der Waals surface area contributed by atoms with E-state index in [9.17, 15) is 4.79 Å². The normalized spacial score (nSPS) is 28.5. The molecule has 18 heavy (non-hydrogen) atoms. The zero-order valence-electron chi connectivity index (χ0n) is 10.8. The molecule has 1 fully saturated rings. The monoisotopic (exact) mass is 252 g/mol. The van der Waals surface area contributed by atoms with Crippen molar-refractivity contribution in [2.75, 3.05) is 33.0 Å². The standard InChI is InChI=1S/C14H20O4/c1-2-16-9-11-3-4-12(8-15)13(7-11)14-10-17-5-6-18-14/h3-4,8,11,14H,2,5-7,9-10H2,1H3. The molecule has 1 saturated heterocycles. The topological polar surface area (TPSA) is 44.8 Å². The Balaban J connectivity index is 2.05. The van der Waals surface area contributed by atoms with Crippen LogP contribution >= 0.6 is 0 Å². The summed E-state index contributed by atoms with van der Waals surface area (Å²) in [6, 6.07) is 0. The second-order valence-corrected chi connectivity index (χ2v) is 4.52. The Morgan fingerprint density at radius 1 is 1.50 bits per heavy atom. The van der Waals surface area contributed by atoms with E-state index in [1.165, 1.54) is 0 Å². The molecular formula is C14H20O4. The molecule has 4 heteroatoms. The molecule has 0 aromatic heterocycles. The number of hydrogen-bond acceptors (Lipinski definition) is 4. The molecule has 1 aliphatic heterocycles. The van der Waals surface area contributed by atoms with Gasteiger partial charge in [0.2, 0.25) is 0 Å². The largest absolute Gasteiger partial charge is 0.381 e. The number of carbonyl (C=O) groups is 1. The minimum atomic E-state index is -0.0759. The molecule has 100 valence electrons. The van der Waals surface area contributed by atoms with E-state index in [2.05, 4.69) is 0 Å². The van der Waals surface area contributed by atoms with E-state index in [1.807, 2.05) is 19.1 Å². The van der Waals surface area contributed by atoms with Gasteiger partial charge in [0, 0.05) is 18.1 Å². The van der Waals surface area contributed by atoms with Gasteiger partial charge in [0.1, 0.15) is 12.4 Å². The fourth-order valence-corrected chi connectivity index (χ4v) is 2.32. The van der Waals surface area contributed by atoms with Gasteiger partial charge >= 0.3 is 0 Å². The Labute approximate surface area is 108 Å². The lowest BCUT2D eigenvalue weighted by Gasteiger charge is -2.29. The minimum Gasteiger partial charge on any atom is -0.381 e. The van der Waals surface area contributed by atoms with Crippen LogP contribution in [0.4, 0.5) is 0 Å². The average molecular weight is 252 g/mol. The van der Waals surface area contributed by atoms with Crippen molar-refractivity contribution in [3.63, 3.8) is 0 Å². The highest BCUT2D eigenvalue weighted by Gasteiger charge is 2.26. The van der Waals surface area contributed by atoms with Crippen molar-refractivity contribution < 1.29 is 19.0 Å². The first-order valence-electron chi connectivity index (χ1n) is 6.48. The second kappa shape index (κ2) is 6.83. The highest BCUT2D eigenvalue weighted by Crippen LogP contribution is 2.28. The van der Waals surface area contributed by atoms with Crippen molar-refractivity contribution in [2.24, 2.45) is 5.92 Å². The van der Waals surface area contributed by atoms with E-state index < -0.39 is 0 Å². The molecule has 4 nitrogen and oxygen atoms in total. The molecule has 0 spiro atoms. The van der Waals surface area contributed by atoms with E-state index in [1.54, 1.807) is 0 Å². The lowest BCUT2D eigenvalue weighted by atomic mass is 9.87. The number of aldehydes is 1. The second-order valence-electron chi connectivity index (χ2n) is 4.52. The summed E-state index contributed by atoms with van der Waals surface area (Å²) in [4.78, 5) is 11.1. The van der Waals surface area contributed by atoms with Gasteiger partial charge in [-0.05, 0) is 18.9 Å². The SMILES string of the molecule is CCOCC1C=CC(C=O)=C(C2COCCO2)C1. The number of carbonyl (C=O) groups excluding carboxylic acids is 1. The van der Waals surface area contributed by atoms with Gasteiger partial charge in [-0.1, -0.05) is 12.2 Å². The number of allylic oxidation sites excluding steroid dienone is 2. The van der Waals surface area contributed by atoms with E-state index >= 15 is 0 Å². The number of rotatable bonds is 5. The van der Waals surface area contributed by atoms with Gasteiger partial charge < -0.3 is 14.2 Å². The lowest BCUT2D eigenvalue weighted by molar-refractivity contribution is -0.105. The van der Waals surface area contributed by atoms with Crippen LogP contribution in [0.3, 0.4) is 0 Å². The van der Waals surface area contributed by atoms with Crippen LogP contribution in [-0.2, 0) is 19.0 Å². The fourth-order valence-electron chi connectivity index (χ4n) is 2.32. The first-order chi connectivity index (χ1) is 8.85. The third-order valence-electron chi connectivity index (χ3n) is 3.27. The summed E-state index contributed by atoms with van der Waals surface area (Å²) in [5, 5.41) is 0. The Morgan fingerprint density at radius 2 is 2.39 bits per heavy atom. The maximum atomic E-state index is 11.1.